The minimum absolute atomic E-state index is 0.0257. The van der Waals surface area contributed by atoms with Gasteiger partial charge in [-0.15, -0.1) is 0 Å². The lowest BCUT2D eigenvalue weighted by Crippen LogP contribution is -2.05. The number of nitrogens with zero attached hydrogens (tertiary/aromatic N) is 1. The normalized spacial score (nSPS) is 10.8. The average molecular weight is 289 g/mol. The number of aromatic nitrogens is 1. The fourth-order valence-corrected chi connectivity index (χ4v) is 1.46. The van der Waals surface area contributed by atoms with Crippen molar-refractivity contribution in [2.24, 2.45) is 0 Å². The molecular weight excluding hydrogens is 282 g/mol. The monoisotopic (exact) mass is 289 g/mol. The molecule has 0 amide bonds. The highest BCUT2D eigenvalue weighted by Crippen LogP contribution is 2.20. The lowest BCUT2D eigenvalue weighted by molar-refractivity contribution is 0.0832. The number of hydrogen-bond donors (Lipinski definition) is 0. The van der Waals surface area contributed by atoms with Crippen LogP contribution < -0.4 is 0 Å². The lowest BCUT2D eigenvalue weighted by atomic mass is 10.2. The van der Waals surface area contributed by atoms with Gasteiger partial charge in [0.1, 0.15) is 12.3 Å². The van der Waals surface area contributed by atoms with E-state index in [0.29, 0.717) is 6.29 Å². The molecule has 4 nitrogen and oxygen atoms in total. The minimum atomic E-state index is -1.52. The van der Waals surface area contributed by atoms with Crippen LogP contribution in [0.3, 0.4) is 0 Å². The Kier molecular flexibility index (Phi) is 4.14. The van der Waals surface area contributed by atoms with Crippen molar-refractivity contribution >= 4 is 6.29 Å². The second kappa shape index (κ2) is 5.83. The zero-order valence-electron chi connectivity index (χ0n) is 9.83. The molecule has 2 aromatic rings. The number of aldehydes is 1. The molecule has 0 fully saturated rings. The summed E-state index contributed by atoms with van der Waals surface area (Å²) in [5.41, 5.74) is -0.838. The summed E-state index contributed by atoms with van der Waals surface area (Å²) in [6.07, 6.45) is 0.439. The first-order valence-electron chi connectivity index (χ1n) is 5.33. The van der Waals surface area contributed by atoms with Gasteiger partial charge in [-0.1, -0.05) is 5.16 Å². The van der Waals surface area contributed by atoms with Crippen LogP contribution in [0.15, 0.2) is 16.7 Å². The van der Waals surface area contributed by atoms with Crippen LogP contribution in [0.25, 0.3) is 0 Å². The van der Waals surface area contributed by atoms with E-state index in [1.165, 1.54) is 6.07 Å². The van der Waals surface area contributed by atoms with Gasteiger partial charge in [0, 0.05) is 12.1 Å². The molecule has 0 N–H and O–H groups in total. The molecule has 0 radical (unpaired) electrons. The van der Waals surface area contributed by atoms with Crippen molar-refractivity contribution < 1.29 is 31.6 Å². The second-order valence-electron chi connectivity index (χ2n) is 3.78. The van der Waals surface area contributed by atoms with Crippen molar-refractivity contribution in [3.05, 3.63) is 52.4 Å². The molecule has 0 saturated carbocycles. The van der Waals surface area contributed by atoms with Crippen LogP contribution in [0.5, 0.6) is 0 Å². The van der Waals surface area contributed by atoms with Crippen LogP contribution in [0.4, 0.5) is 17.6 Å². The van der Waals surface area contributed by atoms with E-state index in [1.807, 2.05) is 0 Å². The molecule has 1 heterocycles. The maximum Gasteiger partial charge on any atom is 0.171 e. The fraction of sp³-hybridized carbons (Fsp3) is 0.167. The third-order valence-corrected chi connectivity index (χ3v) is 2.39. The number of hydrogen-bond acceptors (Lipinski definition) is 4. The van der Waals surface area contributed by atoms with Gasteiger partial charge in [-0.3, -0.25) is 4.79 Å². The Bertz CT molecular complexity index is 616. The van der Waals surface area contributed by atoms with Crippen LogP contribution >= 0.6 is 0 Å². The zero-order valence-corrected chi connectivity index (χ0v) is 9.83. The molecule has 1 aromatic heterocycles. The Morgan fingerprint density at radius 2 is 1.75 bits per heavy atom. The molecule has 0 bridgehead atoms. The highest BCUT2D eigenvalue weighted by atomic mass is 19.2. The van der Waals surface area contributed by atoms with Crippen molar-refractivity contribution in [2.75, 3.05) is 0 Å². The third kappa shape index (κ3) is 2.85. The van der Waals surface area contributed by atoms with E-state index in [2.05, 4.69) is 9.68 Å². The lowest BCUT2D eigenvalue weighted by Gasteiger charge is -2.06. The minimum Gasteiger partial charge on any atom is -0.368 e. The third-order valence-electron chi connectivity index (χ3n) is 2.39. The van der Waals surface area contributed by atoms with Crippen LogP contribution in [0, 0.1) is 23.3 Å². The van der Waals surface area contributed by atoms with Crippen LogP contribution in [-0.4, -0.2) is 11.4 Å². The topological polar surface area (TPSA) is 52.3 Å². The number of carbonyl (C=O) groups excluding carboxylic acids is 1. The Balaban J connectivity index is 2.06. The molecular formula is C12H7F4NO3. The zero-order chi connectivity index (χ0) is 14.7. The first kappa shape index (κ1) is 14.2. The molecule has 0 unspecified atom stereocenters. The van der Waals surface area contributed by atoms with Crippen LogP contribution in [-0.2, 0) is 18.0 Å². The molecule has 0 spiro atoms. The van der Waals surface area contributed by atoms with Crippen molar-refractivity contribution in [2.45, 2.75) is 13.2 Å². The smallest absolute Gasteiger partial charge is 0.171 e. The highest BCUT2D eigenvalue weighted by Gasteiger charge is 2.19. The van der Waals surface area contributed by atoms with Gasteiger partial charge in [-0.05, 0) is 0 Å². The van der Waals surface area contributed by atoms with Gasteiger partial charge < -0.3 is 9.26 Å². The fourth-order valence-electron chi connectivity index (χ4n) is 1.46. The van der Waals surface area contributed by atoms with Crippen molar-refractivity contribution in [1.29, 1.82) is 0 Å². The maximum absolute atomic E-state index is 13.3. The van der Waals surface area contributed by atoms with Crippen molar-refractivity contribution in [3.63, 3.8) is 0 Å². The number of benzene rings is 1. The Morgan fingerprint density at radius 3 is 2.30 bits per heavy atom. The maximum atomic E-state index is 13.3. The first-order chi connectivity index (χ1) is 9.52. The molecule has 0 aliphatic carbocycles. The molecule has 0 aliphatic rings. The van der Waals surface area contributed by atoms with E-state index in [4.69, 9.17) is 4.74 Å². The summed E-state index contributed by atoms with van der Waals surface area (Å²) in [5, 5.41) is 3.33. The molecule has 0 saturated heterocycles. The van der Waals surface area contributed by atoms with Gasteiger partial charge >= 0.3 is 0 Å². The SMILES string of the molecule is O=Cc1cc(COCc2c(F)c(F)cc(F)c2F)on1. The van der Waals surface area contributed by atoms with Gasteiger partial charge in [0.15, 0.2) is 35.3 Å². The van der Waals surface area contributed by atoms with E-state index in [9.17, 15) is 22.4 Å². The first-order valence-corrected chi connectivity index (χ1v) is 5.33. The summed E-state index contributed by atoms with van der Waals surface area (Å²) in [6.45, 7) is -0.971. The summed E-state index contributed by atoms with van der Waals surface area (Å²) in [5.74, 6) is -5.93. The highest BCUT2D eigenvalue weighted by molar-refractivity contribution is 5.71. The van der Waals surface area contributed by atoms with Gasteiger partial charge in [0.25, 0.3) is 0 Å². The number of carbonyl (C=O) groups is 1. The average Bonchev–Trinajstić information content (AvgIpc) is 2.88. The van der Waals surface area contributed by atoms with Crippen molar-refractivity contribution in [1.82, 2.24) is 5.16 Å². The standard InChI is InChI=1S/C12H7F4NO3/c13-9-2-10(14)12(16)8(11(9)15)5-19-4-7-1-6(3-18)17-20-7/h1-3H,4-5H2. The van der Waals surface area contributed by atoms with E-state index in [-0.39, 0.29) is 24.1 Å². The summed E-state index contributed by atoms with van der Waals surface area (Å²) >= 11 is 0. The van der Waals surface area contributed by atoms with Gasteiger partial charge in [0.05, 0.1) is 12.2 Å². The largest absolute Gasteiger partial charge is 0.368 e. The van der Waals surface area contributed by atoms with Crippen LogP contribution in [0.2, 0.25) is 0 Å². The summed E-state index contributed by atoms with van der Waals surface area (Å²) in [7, 11) is 0. The van der Waals surface area contributed by atoms with E-state index < -0.39 is 35.4 Å². The van der Waals surface area contributed by atoms with E-state index in [0.717, 1.165) is 0 Å². The molecule has 1 aromatic carbocycles. The molecule has 106 valence electrons. The van der Waals surface area contributed by atoms with Crippen molar-refractivity contribution in [3.8, 4) is 0 Å². The van der Waals surface area contributed by atoms with Gasteiger partial charge in [0.2, 0.25) is 0 Å². The van der Waals surface area contributed by atoms with Gasteiger partial charge in [-0.25, -0.2) is 17.6 Å². The molecule has 0 aliphatic heterocycles. The Morgan fingerprint density at radius 1 is 1.10 bits per heavy atom. The summed E-state index contributed by atoms with van der Waals surface area (Å²) in [6, 6.07) is 1.37. The molecule has 0 atom stereocenters. The van der Waals surface area contributed by atoms with E-state index >= 15 is 0 Å². The molecule has 2 rings (SSSR count). The predicted molar refractivity (Wildman–Crippen MR) is 56.7 cm³/mol. The number of halogens is 4. The van der Waals surface area contributed by atoms with E-state index in [1.54, 1.807) is 0 Å². The summed E-state index contributed by atoms with van der Waals surface area (Å²) in [4.78, 5) is 10.3. The summed E-state index contributed by atoms with van der Waals surface area (Å²) < 4.78 is 61.9. The Hall–Kier alpha value is -2.22. The number of rotatable bonds is 5. The Labute approximate surface area is 109 Å². The predicted octanol–water partition coefficient (Wildman–Crippen LogP) is 2.76. The second-order valence-corrected chi connectivity index (χ2v) is 3.78. The molecule has 8 heteroatoms. The molecule has 20 heavy (non-hydrogen) atoms. The quantitative estimate of drug-likeness (QED) is 0.482. The number of ether oxygens (including phenoxy) is 1. The van der Waals surface area contributed by atoms with Gasteiger partial charge in [-0.2, -0.15) is 0 Å². The van der Waals surface area contributed by atoms with Crippen LogP contribution in [0.1, 0.15) is 21.8 Å².